The Balaban J connectivity index is 1.77. The molecule has 9 nitrogen and oxygen atoms in total. The molecule has 0 fully saturated rings. The number of halogens is 7. The van der Waals surface area contributed by atoms with Gasteiger partial charge in [0.15, 0.2) is 5.69 Å². The summed E-state index contributed by atoms with van der Waals surface area (Å²) in [4.78, 5) is 28.3. The summed E-state index contributed by atoms with van der Waals surface area (Å²) in [5, 5.41) is 9.39. The van der Waals surface area contributed by atoms with Crippen LogP contribution in [0.4, 0.5) is 32.0 Å². The molecule has 0 radical (unpaired) electrons. The molecule has 0 saturated heterocycles. The minimum absolute atomic E-state index is 0.00139. The molecule has 4 aromatic heterocycles. The fourth-order valence-electron chi connectivity index (χ4n) is 3.84. The molecule has 4 rings (SSSR count). The lowest BCUT2D eigenvalue weighted by atomic mass is 10.0. The van der Waals surface area contributed by atoms with Gasteiger partial charge in [0, 0.05) is 30.1 Å². The predicted molar refractivity (Wildman–Crippen MR) is 130 cm³/mol. The van der Waals surface area contributed by atoms with Gasteiger partial charge < -0.3 is 11.1 Å². The maximum atomic E-state index is 13.7. The van der Waals surface area contributed by atoms with Gasteiger partial charge in [0.25, 0.3) is 5.91 Å². The number of nitrogens with one attached hydrogen (secondary N) is 1. The van der Waals surface area contributed by atoms with Gasteiger partial charge in [-0.2, -0.15) is 36.5 Å². The van der Waals surface area contributed by atoms with Crippen molar-refractivity contribution in [2.45, 2.75) is 39.2 Å². The van der Waals surface area contributed by atoms with Gasteiger partial charge in [0.05, 0.1) is 29.1 Å². The van der Waals surface area contributed by atoms with Gasteiger partial charge in [-0.1, -0.05) is 11.6 Å². The normalized spacial score (nSPS) is 12.4. The SMILES string of the molecule is Cc1c(-c2cc(C(F)(F)F)nc3sc(C(N)=O)c(NC(=O)CCn4nc(C(F)(F)F)c(Cl)c4C)c23)cnn1C. The molecule has 0 atom stereocenters. The number of thiophene rings is 1. The molecule has 4 aromatic rings. The van der Waals surface area contributed by atoms with Gasteiger partial charge in [0.2, 0.25) is 5.91 Å². The summed E-state index contributed by atoms with van der Waals surface area (Å²) in [7, 11) is 1.58. The maximum absolute atomic E-state index is 13.7. The number of pyridine rings is 1. The van der Waals surface area contributed by atoms with E-state index in [9.17, 15) is 35.9 Å². The monoisotopic (exact) mass is 593 g/mol. The molecule has 0 unspecified atom stereocenters. The molecule has 0 spiro atoms. The number of primary amides is 1. The summed E-state index contributed by atoms with van der Waals surface area (Å²) >= 11 is 6.30. The van der Waals surface area contributed by atoms with Crippen LogP contribution in [0.2, 0.25) is 5.02 Å². The first-order valence-corrected chi connectivity index (χ1v) is 12.1. The highest BCUT2D eigenvalue weighted by Crippen LogP contribution is 2.44. The van der Waals surface area contributed by atoms with Crippen LogP contribution >= 0.6 is 22.9 Å². The zero-order valence-electron chi connectivity index (χ0n) is 20.3. The number of alkyl halides is 6. The zero-order valence-corrected chi connectivity index (χ0v) is 21.8. The largest absolute Gasteiger partial charge is 0.436 e. The lowest BCUT2D eigenvalue weighted by molar-refractivity contribution is -0.142. The molecule has 39 heavy (non-hydrogen) atoms. The number of carbonyl (C=O) groups excluding carboxylic acids is 2. The fourth-order valence-corrected chi connectivity index (χ4v) is 5.09. The van der Waals surface area contributed by atoms with Crippen LogP contribution in [-0.4, -0.2) is 36.4 Å². The molecule has 0 aliphatic rings. The number of nitrogens with two attached hydrogens (primary N) is 1. The van der Waals surface area contributed by atoms with Gasteiger partial charge in [-0.25, -0.2) is 4.98 Å². The zero-order chi connectivity index (χ0) is 29.0. The number of anilines is 1. The van der Waals surface area contributed by atoms with E-state index in [4.69, 9.17) is 17.3 Å². The molecule has 0 aliphatic heterocycles. The lowest BCUT2D eigenvalue weighted by Crippen LogP contribution is -2.19. The Labute approximate surface area is 224 Å². The second-order valence-electron chi connectivity index (χ2n) is 8.44. The number of carbonyl (C=O) groups is 2. The third-order valence-electron chi connectivity index (χ3n) is 5.92. The number of fused-ring (bicyclic) bond motifs is 1. The lowest BCUT2D eigenvalue weighted by Gasteiger charge is -2.12. The highest BCUT2D eigenvalue weighted by Gasteiger charge is 2.38. The van der Waals surface area contributed by atoms with Gasteiger partial charge in [-0.3, -0.25) is 19.0 Å². The summed E-state index contributed by atoms with van der Waals surface area (Å²) in [6, 6.07) is 0.785. The minimum atomic E-state index is -4.82. The number of hydrogen-bond donors (Lipinski definition) is 2. The topological polar surface area (TPSA) is 121 Å². The summed E-state index contributed by atoms with van der Waals surface area (Å²) in [6.45, 7) is 2.60. The third-order valence-corrected chi connectivity index (χ3v) is 7.47. The van der Waals surface area contributed by atoms with Gasteiger partial charge in [-0.05, 0) is 25.5 Å². The predicted octanol–water partition coefficient (Wildman–Crippen LogP) is 5.33. The minimum Gasteiger partial charge on any atom is -0.365 e. The van der Waals surface area contributed by atoms with Crippen LogP contribution < -0.4 is 11.1 Å². The first-order chi connectivity index (χ1) is 18.0. The van der Waals surface area contributed by atoms with Crippen LogP contribution in [-0.2, 0) is 30.7 Å². The van der Waals surface area contributed by atoms with Crippen molar-refractivity contribution in [2.24, 2.45) is 12.8 Å². The van der Waals surface area contributed by atoms with Crippen LogP contribution in [0.3, 0.4) is 0 Å². The molecule has 3 N–H and O–H groups in total. The Hall–Kier alpha value is -3.66. The van der Waals surface area contributed by atoms with Crippen molar-refractivity contribution in [3.63, 3.8) is 0 Å². The van der Waals surface area contributed by atoms with Crippen LogP contribution in [0.5, 0.6) is 0 Å². The number of nitrogens with zero attached hydrogens (tertiary/aromatic N) is 5. The van der Waals surface area contributed by atoms with Crippen molar-refractivity contribution >= 4 is 50.7 Å². The summed E-state index contributed by atoms with van der Waals surface area (Å²) in [5.41, 5.74) is 3.53. The number of aromatic nitrogens is 5. The highest BCUT2D eigenvalue weighted by molar-refractivity contribution is 7.21. The second-order valence-corrected chi connectivity index (χ2v) is 9.81. The molecule has 0 aliphatic carbocycles. The van der Waals surface area contributed by atoms with Crippen molar-refractivity contribution in [2.75, 3.05) is 5.32 Å². The average Bonchev–Trinajstić information content (AvgIpc) is 3.45. The number of rotatable bonds is 6. The van der Waals surface area contributed by atoms with Crippen molar-refractivity contribution in [3.8, 4) is 11.1 Å². The van der Waals surface area contributed by atoms with E-state index >= 15 is 0 Å². The quantitative estimate of drug-likeness (QED) is 0.293. The van der Waals surface area contributed by atoms with Gasteiger partial charge >= 0.3 is 12.4 Å². The first-order valence-electron chi connectivity index (χ1n) is 10.9. The van der Waals surface area contributed by atoms with E-state index in [1.165, 1.54) is 17.8 Å². The molecule has 0 bridgehead atoms. The Morgan fingerprint density at radius 1 is 1.10 bits per heavy atom. The maximum Gasteiger partial charge on any atom is 0.436 e. The van der Waals surface area contributed by atoms with E-state index in [-0.39, 0.29) is 38.6 Å². The molecule has 208 valence electrons. The Bertz CT molecular complexity index is 1620. The van der Waals surface area contributed by atoms with Crippen LogP contribution in [0.15, 0.2) is 12.3 Å². The van der Waals surface area contributed by atoms with E-state index in [0.29, 0.717) is 22.6 Å². The smallest absolute Gasteiger partial charge is 0.365 e. The van der Waals surface area contributed by atoms with E-state index < -0.39 is 47.0 Å². The second kappa shape index (κ2) is 9.82. The first kappa shape index (κ1) is 28.4. The Morgan fingerprint density at radius 2 is 1.77 bits per heavy atom. The third kappa shape index (κ3) is 5.30. The molecule has 2 amide bonds. The highest BCUT2D eigenvalue weighted by atomic mass is 35.5. The number of hydrogen-bond acceptors (Lipinski definition) is 6. The van der Waals surface area contributed by atoms with Crippen molar-refractivity contribution < 1.29 is 35.9 Å². The summed E-state index contributed by atoms with van der Waals surface area (Å²) in [5.74, 6) is -1.80. The van der Waals surface area contributed by atoms with Crippen molar-refractivity contribution in [1.82, 2.24) is 24.5 Å². The molecule has 17 heteroatoms. The summed E-state index contributed by atoms with van der Waals surface area (Å²) in [6.07, 6.45) is -8.71. The van der Waals surface area contributed by atoms with Crippen molar-refractivity contribution in [3.05, 3.63) is 44.9 Å². The molecule has 4 heterocycles. The number of aryl methyl sites for hydroxylation is 2. The molecular formula is C22H18ClF6N7O2S. The number of amides is 2. The molecule has 0 saturated carbocycles. The molecular weight excluding hydrogens is 576 g/mol. The fraction of sp³-hybridized carbons (Fsp3) is 0.318. The van der Waals surface area contributed by atoms with Crippen LogP contribution in [0.1, 0.15) is 38.9 Å². The Morgan fingerprint density at radius 3 is 2.28 bits per heavy atom. The van der Waals surface area contributed by atoms with E-state index in [2.05, 4.69) is 20.5 Å². The Kier molecular flexibility index (Phi) is 7.14. The van der Waals surface area contributed by atoms with Crippen LogP contribution in [0, 0.1) is 13.8 Å². The van der Waals surface area contributed by atoms with Gasteiger partial charge in [-0.15, -0.1) is 11.3 Å². The van der Waals surface area contributed by atoms with E-state index in [0.717, 1.165) is 10.7 Å². The van der Waals surface area contributed by atoms with Crippen LogP contribution in [0.25, 0.3) is 21.3 Å². The average molecular weight is 594 g/mol. The van der Waals surface area contributed by atoms with Gasteiger partial charge in [0.1, 0.15) is 15.4 Å². The van der Waals surface area contributed by atoms with E-state index in [1.54, 1.807) is 14.0 Å². The van der Waals surface area contributed by atoms with Crippen molar-refractivity contribution in [1.29, 1.82) is 0 Å². The van der Waals surface area contributed by atoms with E-state index in [1.807, 2.05) is 0 Å². The standard InChI is InChI=1S/C22H18ClF6N7O2S/c1-8-11(7-31-35(8)3)10-6-12(21(24,25)26)32-20-14(10)16(17(39-20)19(30)38)33-13(37)4-5-36-9(2)15(23)18(34-36)22(27,28)29/h6-7H,4-5H2,1-3H3,(H2,30,38)(H,33,37). The molecule has 0 aromatic carbocycles. The summed E-state index contributed by atoms with van der Waals surface area (Å²) < 4.78 is 82.7.